The van der Waals surface area contributed by atoms with Gasteiger partial charge in [-0.1, -0.05) is 18.2 Å². The summed E-state index contributed by atoms with van der Waals surface area (Å²) in [4.78, 5) is 11.8. The monoisotopic (exact) mass is 201 g/mol. The number of hydrogen-bond acceptors (Lipinski definition) is 2. The van der Waals surface area contributed by atoms with Crippen molar-refractivity contribution in [2.24, 2.45) is 0 Å². The molecule has 1 N–H and O–H groups in total. The quantitative estimate of drug-likeness (QED) is 0.695. The minimum absolute atomic E-state index is 0.0128. The van der Waals surface area contributed by atoms with Gasteiger partial charge in [-0.3, -0.25) is 9.48 Å². The smallest absolute Gasteiger partial charge is 0.270 e. The van der Waals surface area contributed by atoms with Crippen LogP contribution in [-0.4, -0.2) is 22.2 Å². The summed E-state index contributed by atoms with van der Waals surface area (Å²) in [7, 11) is 0. The molecule has 0 spiro atoms. The van der Waals surface area contributed by atoms with E-state index >= 15 is 0 Å². The molecular formula is C11H11N3O. The molecule has 1 amide bonds. The highest BCUT2D eigenvalue weighted by atomic mass is 16.2. The fraction of sp³-hybridized carbons (Fsp3) is 0.273. The second-order valence-electron chi connectivity index (χ2n) is 3.70. The number of fused-ring (bicyclic) bond motifs is 3. The van der Waals surface area contributed by atoms with E-state index in [9.17, 15) is 4.79 Å². The molecule has 0 unspecified atom stereocenters. The van der Waals surface area contributed by atoms with Gasteiger partial charge in [-0.25, -0.2) is 0 Å². The number of benzene rings is 1. The van der Waals surface area contributed by atoms with Gasteiger partial charge in [0.05, 0.1) is 5.52 Å². The number of aromatic nitrogens is 2. The van der Waals surface area contributed by atoms with Gasteiger partial charge < -0.3 is 5.32 Å². The minimum Gasteiger partial charge on any atom is -0.351 e. The van der Waals surface area contributed by atoms with Crippen LogP contribution in [0.3, 0.4) is 0 Å². The zero-order chi connectivity index (χ0) is 10.3. The summed E-state index contributed by atoms with van der Waals surface area (Å²) < 4.78 is 1.81. The van der Waals surface area contributed by atoms with Crippen molar-refractivity contribution in [3.8, 4) is 0 Å². The van der Waals surface area contributed by atoms with Crippen LogP contribution in [-0.2, 0) is 6.54 Å². The molecule has 2 aromatic rings. The highest BCUT2D eigenvalue weighted by Gasteiger charge is 2.19. The van der Waals surface area contributed by atoms with Gasteiger partial charge >= 0.3 is 0 Å². The topological polar surface area (TPSA) is 46.9 Å². The number of aryl methyl sites for hydroxylation is 1. The van der Waals surface area contributed by atoms with Crippen LogP contribution in [0.5, 0.6) is 0 Å². The number of nitrogens with one attached hydrogen (secondary N) is 1. The molecule has 2 heterocycles. The summed E-state index contributed by atoms with van der Waals surface area (Å²) >= 11 is 0. The largest absolute Gasteiger partial charge is 0.351 e. The lowest BCUT2D eigenvalue weighted by molar-refractivity contribution is 0.0952. The van der Waals surface area contributed by atoms with Crippen molar-refractivity contribution in [2.75, 3.05) is 6.54 Å². The maximum Gasteiger partial charge on any atom is 0.270 e. The van der Waals surface area contributed by atoms with E-state index in [-0.39, 0.29) is 5.91 Å². The summed E-state index contributed by atoms with van der Waals surface area (Å²) in [5, 5.41) is 8.24. The van der Waals surface area contributed by atoms with Crippen molar-refractivity contribution in [2.45, 2.75) is 13.0 Å². The van der Waals surface area contributed by atoms with Crippen LogP contribution in [0.1, 0.15) is 16.9 Å². The molecule has 0 radical (unpaired) electrons. The molecular weight excluding hydrogens is 190 g/mol. The van der Waals surface area contributed by atoms with Crippen molar-refractivity contribution >= 4 is 16.8 Å². The second-order valence-corrected chi connectivity index (χ2v) is 3.70. The summed E-state index contributed by atoms with van der Waals surface area (Å²) in [6.07, 6.45) is 0.937. The van der Waals surface area contributed by atoms with Gasteiger partial charge in [-0.05, 0) is 12.5 Å². The Balaban J connectivity index is 2.32. The molecule has 4 heteroatoms. The van der Waals surface area contributed by atoms with Crippen LogP contribution in [0.15, 0.2) is 24.3 Å². The van der Waals surface area contributed by atoms with Crippen molar-refractivity contribution in [3.63, 3.8) is 0 Å². The van der Waals surface area contributed by atoms with Crippen molar-refractivity contribution in [3.05, 3.63) is 30.0 Å². The van der Waals surface area contributed by atoms with Gasteiger partial charge in [0.25, 0.3) is 5.91 Å². The molecule has 0 bridgehead atoms. The minimum atomic E-state index is -0.0128. The Bertz CT molecular complexity index is 530. The Labute approximate surface area is 86.9 Å². The first-order chi connectivity index (χ1) is 7.36. The Morgan fingerprint density at radius 2 is 2.20 bits per heavy atom. The normalized spacial score (nSPS) is 15.9. The van der Waals surface area contributed by atoms with Crippen LogP contribution in [0, 0.1) is 0 Å². The molecule has 0 aliphatic carbocycles. The summed E-state index contributed by atoms with van der Waals surface area (Å²) in [6.45, 7) is 1.54. The highest BCUT2D eigenvalue weighted by Crippen LogP contribution is 2.19. The van der Waals surface area contributed by atoms with E-state index in [2.05, 4.69) is 10.4 Å². The third kappa shape index (κ3) is 1.21. The third-order valence-electron chi connectivity index (χ3n) is 2.69. The molecule has 3 rings (SSSR count). The van der Waals surface area contributed by atoms with E-state index in [1.54, 1.807) is 0 Å². The first kappa shape index (κ1) is 8.47. The van der Waals surface area contributed by atoms with Gasteiger partial charge in [0.2, 0.25) is 0 Å². The number of carbonyl (C=O) groups excluding carboxylic acids is 1. The van der Waals surface area contributed by atoms with E-state index in [0.29, 0.717) is 5.69 Å². The van der Waals surface area contributed by atoms with Crippen LogP contribution < -0.4 is 5.32 Å². The number of rotatable bonds is 0. The molecule has 1 aromatic heterocycles. The van der Waals surface area contributed by atoms with E-state index in [0.717, 1.165) is 30.4 Å². The summed E-state index contributed by atoms with van der Waals surface area (Å²) in [6, 6.07) is 7.75. The molecule has 1 aliphatic rings. The van der Waals surface area contributed by atoms with Gasteiger partial charge in [-0.15, -0.1) is 0 Å². The zero-order valence-electron chi connectivity index (χ0n) is 8.23. The van der Waals surface area contributed by atoms with Crippen molar-refractivity contribution < 1.29 is 4.79 Å². The van der Waals surface area contributed by atoms with E-state index in [1.165, 1.54) is 0 Å². The molecule has 0 atom stereocenters. The number of carbonyl (C=O) groups is 1. The average Bonchev–Trinajstić information content (AvgIpc) is 2.53. The van der Waals surface area contributed by atoms with E-state index < -0.39 is 0 Å². The Kier molecular flexibility index (Phi) is 1.74. The van der Waals surface area contributed by atoms with E-state index in [1.807, 2.05) is 28.9 Å². The molecule has 1 aromatic carbocycles. The summed E-state index contributed by atoms with van der Waals surface area (Å²) in [5.41, 5.74) is 1.59. The fourth-order valence-corrected chi connectivity index (χ4v) is 2.00. The van der Waals surface area contributed by atoms with Crippen LogP contribution in [0.2, 0.25) is 0 Å². The first-order valence-corrected chi connectivity index (χ1v) is 5.10. The zero-order valence-corrected chi connectivity index (χ0v) is 8.23. The highest BCUT2D eigenvalue weighted by molar-refractivity contribution is 6.05. The fourth-order valence-electron chi connectivity index (χ4n) is 2.00. The molecule has 0 saturated carbocycles. The Morgan fingerprint density at radius 3 is 3.13 bits per heavy atom. The van der Waals surface area contributed by atoms with Gasteiger partial charge in [0.1, 0.15) is 5.69 Å². The number of nitrogens with zero attached hydrogens (tertiary/aromatic N) is 2. The van der Waals surface area contributed by atoms with Crippen LogP contribution in [0.25, 0.3) is 10.9 Å². The van der Waals surface area contributed by atoms with Crippen molar-refractivity contribution in [1.29, 1.82) is 0 Å². The predicted molar refractivity (Wildman–Crippen MR) is 56.7 cm³/mol. The number of amides is 1. The van der Waals surface area contributed by atoms with Gasteiger partial charge in [0, 0.05) is 18.5 Å². The predicted octanol–water partition coefficient (Wildman–Crippen LogP) is 1.17. The molecule has 0 saturated heterocycles. The SMILES string of the molecule is O=C1NCCCn2nc3ccccc3c21. The lowest BCUT2D eigenvalue weighted by Gasteiger charge is -1.99. The maximum absolute atomic E-state index is 11.8. The molecule has 15 heavy (non-hydrogen) atoms. The van der Waals surface area contributed by atoms with Crippen molar-refractivity contribution in [1.82, 2.24) is 15.1 Å². The lowest BCUT2D eigenvalue weighted by Crippen LogP contribution is -2.23. The summed E-state index contributed by atoms with van der Waals surface area (Å²) in [5.74, 6) is -0.0128. The van der Waals surface area contributed by atoms with Crippen LogP contribution in [0.4, 0.5) is 0 Å². The Hall–Kier alpha value is -1.84. The third-order valence-corrected chi connectivity index (χ3v) is 2.69. The molecule has 1 aliphatic heterocycles. The molecule has 4 nitrogen and oxygen atoms in total. The van der Waals surface area contributed by atoms with Gasteiger partial charge in [-0.2, -0.15) is 5.10 Å². The first-order valence-electron chi connectivity index (χ1n) is 5.10. The molecule has 0 fully saturated rings. The Morgan fingerprint density at radius 1 is 1.33 bits per heavy atom. The lowest BCUT2D eigenvalue weighted by atomic mass is 10.2. The second kappa shape index (κ2) is 3.08. The van der Waals surface area contributed by atoms with Gasteiger partial charge in [0.15, 0.2) is 0 Å². The van der Waals surface area contributed by atoms with E-state index in [4.69, 9.17) is 0 Å². The standard InChI is InChI=1S/C11H11N3O/c15-11-10-8-4-1-2-5-9(8)13-14(10)7-3-6-12-11/h1-2,4-5H,3,6-7H2,(H,12,15). The molecule has 76 valence electrons. The number of hydrogen-bond donors (Lipinski definition) is 1. The average molecular weight is 201 g/mol. The maximum atomic E-state index is 11.8. The van der Waals surface area contributed by atoms with Crippen LogP contribution >= 0.6 is 0 Å².